The first-order valence-corrected chi connectivity index (χ1v) is 7.63. The molecule has 20 heavy (non-hydrogen) atoms. The molecule has 5 nitrogen and oxygen atoms in total. The van der Waals surface area contributed by atoms with Gasteiger partial charge in [-0.1, -0.05) is 0 Å². The number of fused-ring (bicyclic) bond motifs is 1. The van der Waals surface area contributed by atoms with Crippen LogP contribution in [0.1, 0.15) is 0 Å². The molecule has 0 aliphatic carbocycles. The van der Waals surface area contributed by atoms with Crippen molar-refractivity contribution in [2.24, 2.45) is 0 Å². The van der Waals surface area contributed by atoms with Crippen molar-refractivity contribution < 1.29 is 4.92 Å². The molecular formula is C13H8IN3O2S. The quantitative estimate of drug-likeness (QED) is 0.400. The second kappa shape index (κ2) is 5.33. The predicted molar refractivity (Wildman–Crippen MR) is 88.7 cm³/mol. The second-order valence-corrected chi connectivity index (χ2v) is 6.13. The van der Waals surface area contributed by atoms with Gasteiger partial charge in [0.25, 0.3) is 5.69 Å². The fourth-order valence-electron chi connectivity index (χ4n) is 1.83. The van der Waals surface area contributed by atoms with E-state index in [0.717, 1.165) is 21.6 Å². The van der Waals surface area contributed by atoms with Gasteiger partial charge in [-0.15, -0.1) is 11.3 Å². The molecule has 0 aliphatic rings. The van der Waals surface area contributed by atoms with E-state index in [1.807, 2.05) is 46.3 Å². The van der Waals surface area contributed by atoms with Crippen LogP contribution in [0, 0.1) is 13.7 Å². The molecule has 0 radical (unpaired) electrons. The SMILES string of the molecule is O=[N+]([O-])c1ccc(Nc2ccc3ncsc3c2)cc1I. The molecule has 0 saturated heterocycles. The molecule has 0 unspecified atom stereocenters. The molecule has 2 aromatic carbocycles. The first-order chi connectivity index (χ1) is 9.63. The lowest BCUT2D eigenvalue weighted by atomic mass is 10.2. The molecule has 1 N–H and O–H groups in total. The van der Waals surface area contributed by atoms with Crippen molar-refractivity contribution in [1.29, 1.82) is 0 Å². The van der Waals surface area contributed by atoms with Gasteiger partial charge in [0.1, 0.15) is 0 Å². The van der Waals surface area contributed by atoms with Gasteiger partial charge in [-0.3, -0.25) is 10.1 Å². The summed E-state index contributed by atoms with van der Waals surface area (Å²) >= 11 is 3.55. The number of thiazole rings is 1. The molecule has 0 bridgehead atoms. The first-order valence-electron chi connectivity index (χ1n) is 5.68. The number of nitrogens with one attached hydrogen (secondary N) is 1. The van der Waals surface area contributed by atoms with Crippen LogP contribution >= 0.6 is 33.9 Å². The number of aromatic nitrogens is 1. The normalized spacial score (nSPS) is 10.7. The molecule has 0 atom stereocenters. The molecule has 0 fully saturated rings. The summed E-state index contributed by atoms with van der Waals surface area (Å²) in [6.07, 6.45) is 0. The maximum absolute atomic E-state index is 10.8. The van der Waals surface area contributed by atoms with Crippen LogP contribution in [0.2, 0.25) is 0 Å². The highest BCUT2D eigenvalue weighted by molar-refractivity contribution is 14.1. The Hall–Kier alpha value is -1.74. The molecule has 0 spiro atoms. The third kappa shape index (κ3) is 2.59. The highest BCUT2D eigenvalue weighted by Gasteiger charge is 2.11. The molecule has 1 heterocycles. The smallest absolute Gasteiger partial charge is 0.282 e. The van der Waals surface area contributed by atoms with Crippen LogP contribution < -0.4 is 5.32 Å². The lowest BCUT2D eigenvalue weighted by Gasteiger charge is -2.07. The fourth-order valence-corrected chi connectivity index (χ4v) is 3.26. The lowest BCUT2D eigenvalue weighted by molar-refractivity contribution is -0.385. The van der Waals surface area contributed by atoms with Gasteiger partial charge < -0.3 is 5.32 Å². The van der Waals surface area contributed by atoms with Crippen molar-refractivity contribution in [2.45, 2.75) is 0 Å². The van der Waals surface area contributed by atoms with Crippen LogP contribution in [-0.2, 0) is 0 Å². The Balaban J connectivity index is 1.90. The van der Waals surface area contributed by atoms with Crippen LogP contribution in [0.15, 0.2) is 41.9 Å². The van der Waals surface area contributed by atoms with Gasteiger partial charge in [-0.05, 0) is 52.9 Å². The summed E-state index contributed by atoms with van der Waals surface area (Å²) < 4.78 is 1.71. The highest BCUT2D eigenvalue weighted by Crippen LogP contribution is 2.28. The number of nitrogens with zero attached hydrogens (tertiary/aromatic N) is 2. The zero-order chi connectivity index (χ0) is 14.1. The van der Waals surface area contributed by atoms with Crippen molar-refractivity contribution in [2.75, 3.05) is 5.32 Å². The van der Waals surface area contributed by atoms with Crippen LogP contribution in [-0.4, -0.2) is 9.91 Å². The summed E-state index contributed by atoms with van der Waals surface area (Å²) in [7, 11) is 0. The second-order valence-electron chi connectivity index (χ2n) is 4.08. The maximum Gasteiger partial charge on any atom is 0.282 e. The van der Waals surface area contributed by atoms with Crippen molar-refractivity contribution >= 4 is 61.2 Å². The Morgan fingerprint density at radius 2 is 1.95 bits per heavy atom. The average Bonchev–Trinajstić information content (AvgIpc) is 2.85. The van der Waals surface area contributed by atoms with Gasteiger partial charge >= 0.3 is 0 Å². The Morgan fingerprint density at radius 1 is 1.20 bits per heavy atom. The van der Waals surface area contributed by atoms with E-state index in [2.05, 4.69) is 10.3 Å². The highest BCUT2D eigenvalue weighted by atomic mass is 127. The van der Waals surface area contributed by atoms with E-state index < -0.39 is 0 Å². The molecule has 1 aromatic heterocycles. The van der Waals surface area contributed by atoms with Gasteiger partial charge in [-0.2, -0.15) is 0 Å². The molecular weight excluding hydrogens is 389 g/mol. The van der Waals surface area contributed by atoms with Crippen molar-refractivity contribution in [3.8, 4) is 0 Å². The standard InChI is InChI=1S/C13H8IN3O2S/c14-10-5-8(2-4-12(10)17(18)19)16-9-1-3-11-13(6-9)20-7-15-11/h1-7,16H. The third-order valence-electron chi connectivity index (χ3n) is 2.76. The summed E-state index contributed by atoms with van der Waals surface area (Å²) in [6.45, 7) is 0. The number of hydrogen-bond donors (Lipinski definition) is 1. The van der Waals surface area contributed by atoms with E-state index in [9.17, 15) is 10.1 Å². The van der Waals surface area contributed by atoms with Crippen LogP contribution in [0.3, 0.4) is 0 Å². The molecule has 0 aliphatic heterocycles. The zero-order valence-electron chi connectivity index (χ0n) is 10.0. The van der Waals surface area contributed by atoms with E-state index in [4.69, 9.17) is 0 Å². The number of rotatable bonds is 3. The molecule has 0 amide bonds. The number of anilines is 2. The monoisotopic (exact) mass is 397 g/mol. The van der Waals surface area contributed by atoms with Crippen LogP contribution in [0.4, 0.5) is 17.1 Å². The molecule has 7 heteroatoms. The van der Waals surface area contributed by atoms with E-state index >= 15 is 0 Å². The van der Waals surface area contributed by atoms with E-state index in [-0.39, 0.29) is 10.6 Å². The first kappa shape index (κ1) is 13.3. The summed E-state index contributed by atoms with van der Waals surface area (Å²) in [4.78, 5) is 14.6. The average molecular weight is 397 g/mol. The molecule has 0 saturated carbocycles. The number of hydrogen-bond acceptors (Lipinski definition) is 5. The topological polar surface area (TPSA) is 68.1 Å². The Labute approximate surface area is 131 Å². The number of benzene rings is 2. The largest absolute Gasteiger partial charge is 0.355 e. The van der Waals surface area contributed by atoms with Gasteiger partial charge in [0, 0.05) is 17.4 Å². The number of nitro benzene ring substituents is 1. The van der Waals surface area contributed by atoms with Crippen molar-refractivity contribution in [3.05, 3.63) is 55.6 Å². The van der Waals surface area contributed by atoms with Gasteiger partial charge in [0.15, 0.2) is 0 Å². The molecule has 3 aromatic rings. The van der Waals surface area contributed by atoms with E-state index in [0.29, 0.717) is 3.57 Å². The Morgan fingerprint density at radius 3 is 2.70 bits per heavy atom. The summed E-state index contributed by atoms with van der Waals surface area (Å²) in [5.41, 5.74) is 4.66. The summed E-state index contributed by atoms with van der Waals surface area (Å²) in [6, 6.07) is 10.9. The van der Waals surface area contributed by atoms with Gasteiger partial charge in [0.2, 0.25) is 0 Å². The predicted octanol–water partition coefficient (Wildman–Crippen LogP) is 4.55. The zero-order valence-corrected chi connectivity index (χ0v) is 13.0. The van der Waals surface area contributed by atoms with Gasteiger partial charge in [-0.25, -0.2) is 4.98 Å². The van der Waals surface area contributed by atoms with Gasteiger partial charge in [0.05, 0.1) is 24.2 Å². The minimum Gasteiger partial charge on any atom is -0.355 e. The minimum atomic E-state index is -0.380. The third-order valence-corrected chi connectivity index (χ3v) is 4.42. The van der Waals surface area contributed by atoms with Crippen LogP contribution in [0.25, 0.3) is 10.2 Å². The van der Waals surface area contributed by atoms with E-state index in [1.165, 1.54) is 6.07 Å². The minimum absolute atomic E-state index is 0.119. The number of nitro groups is 1. The van der Waals surface area contributed by atoms with Crippen molar-refractivity contribution in [3.63, 3.8) is 0 Å². The summed E-state index contributed by atoms with van der Waals surface area (Å²) in [5.74, 6) is 0. The molecule has 100 valence electrons. The summed E-state index contributed by atoms with van der Waals surface area (Å²) in [5, 5.41) is 14.0. The fraction of sp³-hybridized carbons (Fsp3) is 0. The Kier molecular flexibility index (Phi) is 3.53. The lowest BCUT2D eigenvalue weighted by Crippen LogP contribution is -1.94. The van der Waals surface area contributed by atoms with Crippen molar-refractivity contribution in [1.82, 2.24) is 4.98 Å². The maximum atomic E-state index is 10.8. The molecule has 3 rings (SSSR count). The van der Waals surface area contributed by atoms with Crippen LogP contribution in [0.5, 0.6) is 0 Å². The Bertz CT molecular complexity index is 803. The van der Waals surface area contributed by atoms with E-state index in [1.54, 1.807) is 23.5 Å². The number of halogens is 1.